The summed E-state index contributed by atoms with van der Waals surface area (Å²) in [5, 5.41) is 5.33. The molecule has 0 radical (unpaired) electrons. The zero-order valence-corrected chi connectivity index (χ0v) is 13.6. The van der Waals surface area contributed by atoms with Crippen LogP contribution in [0.15, 0.2) is 24.3 Å². The molecule has 0 aliphatic rings. The molecule has 1 aromatic rings. The Kier molecular flexibility index (Phi) is 6.69. The average Bonchev–Trinajstić information content (AvgIpc) is 2.43. The lowest BCUT2D eigenvalue weighted by Crippen LogP contribution is -2.35. The highest BCUT2D eigenvalue weighted by atomic mass is 16.6. The summed E-state index contributed by atoms with van der Waals surface area (Å²) in [6, 6.07) is 7.45. The van der Waals surface area contributed by atoms with E-state index in [2.05, 4.69) is 10.6 Å². The van der Waals surface area contributed by atoms with E-state index in [1.165, 1.54) is 0 Å². The SMILES string of the molecule is COc1ccc(CNC(=O)CCNC(=O)OC(C)(C)C)cc1. The molecule has 0 aromatic heterocycles. The lowest BCUT2D eigenvalue weighted by atomic mass is 10.2. The Morgan fingerprint density at radius 2 is 1.73 bits per heavy atom. The lowest BCUT2D eigenvalue weighted by molar-refractivity contribution is -0.121. The molecule has 6 heteroatoms. The third-order valence-electron chi connectivity index (χ3n) is 2.67. The Hall–Kier alpha value is -2.24. The van der Waals surface area contributed by atoms with E-state index in [0.29, 0.717) is 6.54 Å². The van der Waals surface area contributed by atoms with Crippen LogP contribution >= 0.6 is 0 Å². The first-order valence-corrected chi connectivity index (χ1v) is 7.16. The fourth-order valence-corrected chi connectivity index (χ4v) is 1.62. The van der Waals surface area contributed by atoms with Crippen molar-refractivity contribution in [2.45, 2.75) is 39.3 Å². The largest absolute Gasteiger partial charge is 0.497 e. The number of nitrogens with one attached hydrogen (secondary N) is 2. The fraction of sp³-hybridized carbons (Fsp3) is 0.500. The Morgan fingerprint density at radius 1 is 1.09 bits per heavy atom. The highest BCUT2D eigenvalue weighted by molar-refractivity contribution is 5.77. The van der Waals surface area contributed by atoms with Gasteiger partial charge in [-0.25, -0.2) is 4.79 Å². The van der Waals surface area contributed by atoms with Crippen LogP contribution < -0.4 is 15.4 Å². The number of amides is 2. The number of carbonyl (C=O) groups excluding carboxylic acids is 2. The summed E-state index contributed by atoms with van der Waals surface area (Å²) in [5.41, 5.74) is 0.440. The van der Waals surface area contributed by atoms with Gasteiger partial charge in [-0.1, -0.05) is 12.1 Å². The van der Waals surface area contributed by atoms with E-state index in [-0.39, 0.29) is 18.9 Å². The second-order valence-corrected chi connectivity index (χ2v) is 5.80. The Morgan fingerprint density at radius 3 is 2.27 bits per heavy atom. The quantitative estimate of drug-likeness (QED) is 0.845. The molecule has 0 spiro atoms. The Labute approximate surface area is 131 Å². The van der Waals surface area contributed by atoms with Crippen LogP contribution in [0.3, 0.4) is 0 Å². The van der Waals surface area contributed by atoms with Gasteiger partial charge in [-0.3, -0.25) is 4.79 Å². The second kappa shape index (κ2) is 8.26. The molecule has 122 valence electrons. The molecule has 0 atom stereocenters. The maximum atomic E-state index is 11.7. The second-order valence-electron chi connectivity index (χ2n) is 5.80. The molecule has 0 unspecified atom stereocenters. The molecule has 1 rings (SSSR count). The van der Waals surface area contributed by atoms with Crippen LogP contribution in [0.2, 0.25) is 0 Å². The molecular weight excluding hydrogens is 284 g/mol. The van der Waals surface area contributed by atoms with Crippen LogP contribution in [-0.2, 0) is 16.1 Å². The highest BCUT2D eigenvalue weighted by Crippen LogP contribution is 2.11. The minimum atomic E-state index is -0.541. The molecule has 22 heavy (non-hydrogen) atoms. The normalized spacial score (nSPS) is 10.7. The van der Waals surface area contributed by atoms with Crippen LogP contribution in [0.5, 0.6) is 5.75 Å². The van der Waals surface area contributed by atoms with Crippen molar-refractivity contribution in [1.82, 2.24) is 10.6 Å². The first kappa shape index (κ1) is 17.8. The molecule has 0 aliphatic heterocycles. The zero-order chi connectivity index (χ0) is 16.6. The molecule has 6 nitrogen and oxygen atoms in total. The van der Waals surface area contributed by atoms with Gasteiger partial charge in [-0.15, -0.1) is 0 Å². The van der Waals surface area contributed by atoms with Gasteiger partial charge in [-0.05, 0) is 38.5 Å². The van der Waals surface area contributed by atoms with E-state index in [1.54, 1.807) is 27.9 Å². The Bertz CT molecular complexity index is 492. The predicted octanol–water partition coefficient (Wildman–Crippen LogP) is 2.23. The van der Waals surface area contributed by atoms with Gasteiger partial charge in [0, 0.05) is 19.5 Å². The van der Waals surface area contributed by atoms with Gasteiger partial charge in [0.05, 0.1) is 7.11 Å². The van der Waals surface area contributed by atoms with Gasteiger partial charge in [-0.2, -0.15) is 0 Å². The predicted molar refractivity (Wildman–Crippen MR) is 83.7 cm³/mol. The summed E-state index contributed by atoms with van der Waals surface area (Å²) in [4.78, 5) is 23.1. The van der Waals surface area contributed by atoms with Crippen molar-refractivity contribution in [3.63, 3.8) is 0 Å². The monoisotopic (exact) mass is 308 g/mol. The third kappa shape index (κ3) is 7.52. The minimum absolute atomic E-state index is 0.133. The summed E-state index contributed by atoms with van der Waals surface area (Å²) in [7, 11) is 1.61. The summed E-state index contributed by atoms with van der Waals surface area (Å²) in [6.45, 7) is 6.04. The van der Waals surface area contributed by atoms with Crippen molar-refractivity contribution in [3.8, 4) is 5.75 Å². The summed E-state index contributed by atoms with van der Waals surface area (Å²) in [6.07, 6.45) is -0.314. The van der Waals surface area contributed by atoms with E-state index >= 15 is 0 Å². The summed E-state index contributed by atoms with van der Waals surface area (Å²) < 4.78 is 10.1. The van der Waals surface area contributed by atoms with Gasteiger partial charge in [0.15, 0.2) is 0 Å². The van der Waals surface area contributed by atoms with E-state index in [0.717, 1.165) is 11.3 Å². The first-order chi connectivity index (χ1) is 10.3. The van der Waals surface area contributed by atoms with Crippen molar-refractivity contribution < 1.29 is 19.1 Å². The van der Waals surface area contributed by atoms with E-state index in [4.69, 9.17) is 9.47 Å². The molecule has 0 saturated heterocycles. The third-order valence-corrected chi connectivity index (χ3v) is 2.67. The highest BCUT2D eigenvalue weighted by Gasteiger charge is 2.15. The lowest BCUT2D eigenvalue weighted by Gasteiger charge is -2.19. The standard InChI is InChI=1S/C16H24N2O4/c1-16(2,3)22-15(20)17-10-9-14(19)18-11-12-5-7-13(21-4)8-6-12/h5-8H,9-11H2,1-4H3,(H,17,20)(H,18,19). The maximum Gasteiger partial charge on any atom is 0.407 e. The van der Waals surface area contributed by atoms with Crippen LogP contribution in [0.1, 0.15) is 32.8 Å². The first-order valence-electron chi connectivity index (χ1n) is 7.16. The number of alkyl carbamates (subject to hydrolysis) is 1. The number of hydrogen-bond donors (Lipinski definition) is 2. The fourth-order valence-electron chi connectivity index (χ4n) is 1.62. The molecule has 2 amide bonds. The number of hydrogen-bond acceptors (Lipinski definition) is 4. The smallest absolute Gasteiger partial charge is 0.407 e. The van der Waals surface area contributed by atoms with Crippen molar-refractivity contribution in [3.05, 3.63) is 29.8 Å². The number of ether oxygens (including phenoxy) is 2. The van der Waals surface area contributed by atoms with Gasteiger partial charge in [0.2, 0.25) is 5.91 Å². The van der Waals surface area contributed by atoms with Crippen molar-refractivity contribution in [1.29, 1.82) is 0 Å². The molecule has 0 heterocycles. The van der Waals surface area contributed by atoms with Gasteiger partial charge < -0.3 is 20.1 Å². The summed E-state index contributed by atoms with van der Waals surface area (Å²) in [5.74, 6) is 0.642. The van der Waals surface area contributed by atoms with Gasteiger partial charge in [0.1, 0.15) is 11.4 Å². The van der Waals surface area contributed by atoms with E-state index in [9.17, 15) is 9.59 Å². The molecule has 0 fully saturated rings. The van der Waals surface area contributed by atoms with E-state index < -0.39 is 11.7 Å². The molecule has 0 aliphatic carbocycles. The maximum absolute atomic E-state index is 11.7. The molecular formula is C16H24N2O4. The molecule has 0 bridgehead atoms. The Balaban J connectivity index is 2.22. The van der Waals surface area contributed by atoms with Gasteiger partial charge in [0.25, 0.3) is 0 Å². The number of rotatable bonds is 6. The number of benzene rings is 1. The van der Waals surface area contributed by atoms with E-state index in [1.807, 2.05) is 24.3 Å². The molecule has 2 N–H and O–H groups in total. The summed E-state index contributed by atoms with van der Waals surface area (Å²) >= 11 is 0. The van der Waals surface area contributed by atoms with Crippen molar-refractivity contribution in [2.24, 2.45) is 0 Å². The minimum Gasteiger partial charge on any atom is -0.497 e. The topological polar surface area (TPSA) is 76.7 Å². The van der Waals surface area contributed by atoms with Gasteiger partial charge >= 0.3 is 6.09 Å². The number of methoxy groups -OCH3 is 1. The van der Waals surface area contributed by atoms with Crippen LogP contribution in [-0.4, -0.2) is 31.3 Å². The van der Waals surface area contributed by atoms with Crippen molar-refractivity contribution in [2.75, 3.05) is 13.7 Å². The van der Waals surface area contributed by atoms with Crippen molar-refractivity contribution >= 4 is 12.0 Å². The zero-order valence-electron chi connectivity index (χ0n) is 13.6. The number of carbonyl (C=O) groups is 2. The van der Waals surface area contributed by atoms with Crippen LogP contribution in [0.25, 0.3) is 0 Å². The molecule has 1 aromatic carbocycles. The average molecular weight is 308 g/mol. The molecule has 0 saturated carbocycles. The van der Waals surface area contributed by atoms with Crippen LogP contribution in [0.4, 0.5) is 4.79 Å². The van der Waals surface area contributed by atoms with Crippen LogP contribution in [0, 0.1) is 0 Å².